The van der Waals surface area contributed by atoms with E-state index in [1.54, 1.807) is 29.4 Å². The van der Waals surface area contributed by atoms with Crippen molar-refractivity contribution in [1.29, 1.82) is 0 Å². The second-order valence-electron chi connectivity index (χ2n) is 9.59. The maximum absolute atomic E-state index is 13.8. The van der Waals surface area contributed by atoms with Gasteiger partial charge in [0.2, 0.25) is 5.91 Å². The number of hydrogen-bond donors (Lipinski definition) is 1. The summed E-state index contributed by atoms with van der Waals surface area (Å²) in [5.41, 5.74) is 1.62. The molecule has 1 aliphatic carbocycles. The van der Waals surface area contributed by atoms with E-state index >= 15 is 0 Å². The van der Waals surface area contributed by atoms with Gasteiger partial charge in [-0.2, -0.15) is 0 Å². The van der Waals surface area contributed by atoms with Crippen LogP contribution in [0.3, 0.4) is 0 Å². The molecule has 0 bridgehead atoms. The van der Waals surface area contributed by atoms with Crippen LogP contribution in [0.1, 0.15) is 67.9 Å². The molecule has 1 aliphatic heterocycles. The van der Waals surface area contributed by atoms with Crippen molar-refractivity contribution in [3.8, 4) is 0 Å². The van der Waals surface area contributed by atoms with Crippen molar-refractivity contribution >= 4 is 22.9 Å². The largest absolute Gasteiger partial charge is 0.463 e. The van der Waals surface area contributed by atoms with Gasteiger partial charge in [-0.05, 0) is 37.5 Å². The Bertz CT molecular complexity index is 1160. The fraction of sp³-hybridized carbons (Fsp3) is 0.462. The van der Waals surface area contributed by atoms with Gasteiger partial charge in [0.05, 0.1) is 18.3 Å². The molecule has 1 aromatic carbocycles. The Morgan fingerprint density at radius 3 is 2.55 bits per heavy atom. The van der Waals surface area contributed by atoms with Crippen molar-refractivity contribution in [1.82, 2.24) is 14.8 Å². The monoisotopic (exact) mass is 451 g/mol. The minimum Gasteiger partial charge on any atom is -0.463 e. The van der Waals surface area contributed by atoms with Gasteiger partial charge in [0.1, 0.15) is 17.1 Å². The summed E-state index contributed by atoms with van der Waals surface area (Å²) >= 11 is 0. The Labute approximate surface area is 192 Å². The molecule has 2 aliphatic rings. The van der Waals surface area contributed by atoms with Crippen LogP contribution in [0.4, 0.5) is 4.39 Å². The number of nitrogens with one attached hydrogen (secondary N) is 1. The maximum atomic E-state index is 13.8. The van der Waals surface area contributed by atoms with Crippen LogP contribution in [0.25, 0.3) is 11.1 Å². The smallest absolute Gasteiger partial charge is 0.271 e. The van der Waals surface area contributed by atoms with Crippen molar-refractivity contribution in [2.45, 2.75) is 76.5 Å². The third-order valence-electron chi connectivity index (χ3n) is 7.23. The normalized spacial score (nSPS) is 22.1. The van der Waals surface area contributed by atoms with E-state index in [4.69, 9.17) is 4.42 Å². The summed E-state index contributed by atoms with van der Waals surface area (Å²) in [6.07, 6.45) is 9.40. The predicted octanol–water partition coefficient (Wildman–Crippen LogP) is 5.02. The molecule has 2 amide bonds. The molecule has 1 N–H and O–H groups in total. The van der Waals surface area contributed by atoms with Crippen molar-refractivity contribution in [2.24, 2.45) is 0 Å². The van der Waals surface area contributed by atoms with Gasteiger partial charge < -0.3 is 19.2 Å². The van der Waals surface area contributed by atoms with Crippen LogP contribution in [0.15, 0.2) is 47.1 Å². The molecule has 1 atom stereocenters. The number of halogens is 1. The summed E-state index contributed by atoms with van der Waals surface area (Å²) in [4.78, 5) is 29.1. The molecule has 6 nitrogen and oxygen atoms in total. The highest BCUT2D eigenvalue weighted by atomic mass is 19.1. The lowest BCUT2D eigenvalue weighted by Crippen LogP contribution is -2.64. The van der Waals surface area contributed by atoms with Crippen LogP contribution in [0.2, 0.25) is 0 Å². The average Bonchev–Trinajstić information content (AvgIpc) is 3.36. The van der Waals surface area contributed by atoms with E-state index in [-0.39, 0.29) is 30.2 Å². The molecular weight excluding hydrogens is 421 g/mol. The topological polar surface area (TPSA) is 67.5 Å². The third-order valence-corrected chi connectivity index (χ3v) is 7.23. The van der Waals surface area contributed by atoms with Crippen LogP contribution in [0, 0.1) is 5.82 Å². The minimum absolute atomic E-state index is 0.123. The van der Waals surface area contributed by atoms with E-state index in [0.717, 1.165) is 36.8 Å². The Balaban J connectivity index is 1.49. The molecule has 5 rings (SSSR count). The first-order valence-corrected chi connectivity index (χ1v) is 11.9. The summed E-state index contributed by atoms with van der Waals surface area (Å²) in [5.74, 6) is -0.699. The number of aromatic nitrogens is 1. The fourth-order valence-corrected chi connectivity index (χ4v) is 5.23. The summed E-state index contributed by atoms with van der Waals surface area (Å²) in [5, 5.41) is 3.28. The molecule has 174 valence electrons. The van der Waals surface area contributed by atoms with E-state index in [9.17, 15) is 14.0 Å². The molecule has 2 aromatic heterocycles. The Hall–Kier alpha value is -3.09. The molecule has 7 heteroatoms. The molecule has 33 heavy (non-hydrogen) atoms. The number of furan rings is 1. The third kappa shape index (κ3) is 4.05. The summed E-state index contributed by atoms with van der Waals surface area (Å²) < 4.78 is 20.9. The second-order valence-corrected chi connectivity index (χ2v) is 9.59. The number of carbonyl (C=O) groups is 2. The minimum atomic E-state index is -1.09. The number of nitrogens with zero attached hydrogens (tertiary/aromatic N) is 2. The van der Waals surface area contributed by atoms with Crippen molar-refractivity contribution in [3.05, 3.63) is 59.7 Å². The summed E-state index contributed by atoms with van der Waals surface area (Å²) in [6.45, 7) is 2.39. The van der Waals surface area contributed by atoms with Gasteiger partial charge in [0.25, 0.3) is 5.91 Å². The predicted molar refractivity (Wildman–Crippen MR) is 123 cm³/mol. The lowest BCUT2D eigenvalue weighted by molar-refractivity contribution is -0.134. The number of hydrogen-bond acceptors (Lipinski definition) is 3. The van der Waals surface area contributed by atoms with E-state index in [1.165, 1.54) is 31.4 Å². The Morgan fingerprint density at radius 2 is 1.82 bits per heavy atom. The van der Waals surface area contributed by atoms with E-state index in [0.29, 0.717) is 17.8 Å². The van der Waals surface area contributed by atoms with Crippen LogP contribution < -0.4 is 5.32 Å². The first-order valence-electron chi connectivity index (χ1n) is 11.9. The number of benzene rings is 1. The molecule has 0 saturated heterocycles. The summed E-state index contributed by atoms with van der Waals surface area (Å²) in [6, 6.07) is 9.77. The van der Waals surface area contributed by atoms with Gasteiger partial charge in [-0.25, -0.2) is 4.39 Å². The number of carbonyl (C=O) groups excluding carboxylic acids is 2. The van der Waals surface area contributed by atoms with Crippen molar-refractivity contribution in [3.63, 3.8) is 0 Å². The molecule has 0 unspecified atom stereocenters. The Kier molecular flexibility index (Phi) is 5.72. The number of amides is 2. The number of rotatable bonds is 4. The van der Waals surface area contributed by atoms with Crippen molar-refractivity contribution in [2.75, 3.05) is 0 Å². The van der Waals surface area contributed by atoms with Gasteiger partial charge in [-0.15, -0.1) is 0 Å². The van der Waals surface area contributed by atoms with Crippen molar-refractivity contribution < 1.29 is 18.4 Å². The molecule has 1 saturated carbocycles. The Morgan fingerprint density at radius 1 is 1.12 bits per heavy atom. The van der Waals surface area contributed by atoms with Gasteiger partial charge >= 0.3 is 0 Å². The molecule has 0 radical (unpaired) electrons. The highest BCUT2D eigenvalue weighted by molar-refractivity contribution is 6.02. The lowest BCUT2D eigenvalue weighted by Gasteiger charge is -2.44. The van der Waals surface area contributed by atoms with Crippen LogP contribution >= 0.6 is 0 Å². The van der Waals surface area contributed by atoms with Gasteiger partial charge in [-0.1, -0.05) is 44.2 Å². The van der Waals surface area contributed by atoms with Crippen LogP contribution in [-0.2, 0) is 17.9 Å². The highest BCUT2D eigenvalue weighted by Gasteiger charge is 2.48. The van der Waals surface area contributed by atoms with E-state index < -0.39 is 5.54 Å². The summed E-state index contributed by atoms with van der Waals surface area (Å²) in [7, 11) is 0. The molecule has 3 aromatic rings. The SMILES string of the molecule is C[C@]1(C(=O)NC2CCCCCCC2)Cn2c(cc3occc32)C(=O)N1Cc1ccc(F)cc1. The maximum Gasteiger partial charge on any atom is 0.271 e. The van der Waals surface area contributed by atoms with Gasteiger partial charge in [0, 0.05) is 24.7 Å². The fourth-order valence-electron chi connectivity index (χ4n) is 5.23. The highest BCUT2D eigenvalue weighted by Crippen LogP contribution is 2.34. The number of fused-ring (bicyclic) bond motifs is 3. The van der Waals surface area contributed by atoms with Gasteiger partial charge in [0.15, 0.2) is 5.58 Å². The van der Waals surface area contributed by atoms with E-state index in [2.05, 4.69) is 5.32 Å². The van der Waals surface area contributed by atoms with Crippen LogP contribution in [0.5, 0.6) is 0 Å². The van der Waals surface area contributed by atoms with Gasteiger partial charge in [-0.3, -0.25) is 9.59 Å². The quantitative estimate of drug-likeness (QED) is 0.606. The zero-order valence-electron chi connectivity index (χ0n) is 19.0. The van der Waals surface area contributed by atoms with Crippen LogP contribution in [-0.4, -0.2) is 32.9 Å². The van der Waals surface area contributed by atoms with E-state index in [1.807, 2.05) is 17.6 Å². The second kappa shape index (κ2) is 8.69. The average molecular weight is 452 g/mol. The first-order chi connectivity index (χ1) is 16.0. The molecule has 0 spiro atoms. The zero-order valence-corrected chi connectivity index (χ0v) is 19.0. The molecule has 3 heterocycles. The lowest BCUT2D eigenvalue weighted by atomic mass is 9.91. The standard InChI is InChI=1S/C26H30FN3O3/c1-26(25(32)28-20-7-5-3-2-4-6-8-20)17-29-21-13-14-33-23(21)15-22(29)24(31)30(26)16-18-9-11-19(27)12-10-18/h9-15,20H,2-8,16-17H2,1H3,(H,28,32)/t26-/m1/s1. The first kappa shape index (κ1) is 21.7. The molecule has 1 fully saturated rings. The molecular formula is C26H30FN3O3. The zero-order chi connectivity index (χ0) is 23.0.